The quantitative estimate of drug-likeness (QED) is 0.615. The van der Waals surface area contributed by atoms with Crippen molar-refractivity contribution in [2.75, 3.05) is 25.2 Å². The number of nitrogens with one attached hydrogen (secondary N) is 1. The number of carbonyl (C=O) groups excluding carboxylic acids is 1. The van der Waals surface area contributed by atoms with Crippen molar-refractivity contribution >= 4 is 28.0 Å². The van der Waals surface area contributed by atoms with Crippen molar-refractivity contribution in [2.24, 2.45) is 0 Å². The Bertz CT molecular complexity index is 485. The minimum Gasteiger partial charge on any atom is -0.384 e. The molecule has 1 atom stereocenters. The molecule has 98 valence electrons. The van der Waals surface area contributed by atoms with Crippen molar-refractivity contribution < 1.29 is 14.1 Å². The van der Waals surface area contributed by atoms with Gasteiger partial charge in [0.1, 0.15) is 11.5 Å². The molecular formula is C12H15NO3S2. The molecule has 1 amide bonds. The van der Waals surface area contributed by atoms with Gasteiger partial charge in [-0.3, -0.25) is 9.00 Å². The van der Waals surface area contributed by atoms with Crippen molar-refractivity contribution in [3.8, 4) is 11.8 Å². The van der Waals surface area contributed by atoms with E-state index in [0.717, 1.165) is 0 Å². The zero-order valence-electron chi connectivity index (χ0n) is 10.1. The van der Waals surface area contributed by atoms with Gasteiger partial charge in [-0.2, -0.15) is 0 Å². The van der Waals surface area contributed by atoms with E-state index in [1.54, 1.807) is 17.7 Å². The Morgan fingerprint density at radius 3 is 3.06 bits per heavy atom. The molecule has 0 spiro atoms. The third-order valence-corrected chi connectivity index (χ3v) is 3.84. The van der Waals surface area contributed by atoms with E-state index in [-0.39, 0.29) is 12.5 Å². The Morgan fingerprint density at radius 1 is 1.61 bits per heavy atom. The average Bonchev–Trinajstić information content (AvgIpc) is 2.79. The van der Waals surface area contributed by atoms with Crippen LogP contribution in [0.3, 0.4) is 0 Å². The monoisotopic (exact) mass is 285 g/mol. The molecule has 18 heavy (non-hydrogen) atoms. The van der Waals surface area contributed by atoms with Gasteiger partial charge in [-0.25, -0.2) is 0 Å². The first kappa shape index (κ1) is 14.9. The van der Waals surface area contributed by atoms with Crippen molar-refractivity contribution in [2.45, 2.75) is 6.42 Å². The molecule has 1 aromatic rings. The summed E-state index contributed by atoms with van der Waals surface area (Å²) in [5.41, 5.74) is 0.630. The van der Waals surface area contributed by atoms with Gasteiger partial charge < -0.3 is 10.4 Å². The molecule has 2 N–H and O–H groups in total. The SMILES string of the molecule is CS(=O)CCCNC(=O)c1sccc1C#CCO. The van der Waals surface area contributed by atoms with Crippen LogP contribution in [-0.4, -0.2) is 40.4 Å². The molecule has 0 aliphatic carbocycles. The maximum absolute atomic E-state index is 11.8. The zero-order valence-corrected chi connectivity index (χ0v) is 11.7. The zero-order chi connectivity index (χ0) is 13.4. The molecule has 0 bridgehead atoms. The average molecular weight is 285 g/mol. The Balaban J connectivity index is 2.51. The first-order chi connectivity index (χ1) is 8.65. The van der Waals surface area contributed by atoms with Crippen LogP contribution in [0.5, 0.6) is 0 Å². The number of rotatable bonds is 5. The minimum atomic E-state index is -0.825. The normalized spacial score (nSPS) is 11.4. The predicted molar refractivity (Wildman–Crippen MR) is 74.2 cm³/mol. The van der Waals surface area contributed by atoms with Crippen LogP contribution in [0.15, 0.2) is 11.4 Å². The van der Waals surface area contributed by atoms with E-state index in [1.165, 1.54) is 11.3 Å². The smallest absolute Gasteiger partial charge is 0.262 e. The van der Waals surface area contributed by atoms with E-state index in [2.05, 4.69) is 17.2 Å². The topological polar surface area (TPSA) is 66.4 Å². The van der Waals surface area contributed by atoms with E-state index >= 15 is 0 Å². The summed E-state index contributed by atoms with van der Waals surface area (Å²) in [6.07, 6.45) is 2.33. The molecule has 0 aliphatic heterocycles. The van der Waals surface area contributed by atoms with Crippen molar-refractivity contribution in [3.05, 3.63) is 21.9 Å². The third kappa shape index (κ3) is 5.00. The van der Waals surface area contributed by atoms with Crippen molar-refractivity contribution in [3.63, 3.8) is 0 Å². The van der Waals surface area contributed by atoms with E-state index in [0.29, 0.717) is 29.2 Å². The van der Waals surface area contributed by atoms with Gasteiger partial charge in [0.15, 0.2) is 0 Å². The molecule has 0 fully saturated rings. The summed E-state index contributed by atoms with van der Waals surface area (Å²) in [5, 5.41) is 13.2. The Morgan fingerprint density at radius 2 is 2.39 bits per heavy atom. The summed E-state index contributed by atoms with van der Waals surface area (Å²) < 4.78 is 10.8. The molecule has 1 heterocycles. The van der Waals surface area contributed by atoms with E-state index in [4.69, 9.17) is 5.11 Å². The highest BCUT2D eigenvalue weighted by atomic mass is 32.2. The number of hydrogen-bond donors (Lipinski definition) is 2. The van der Waals surface area contributed by atoms with Gasteiger partial charge in [-0.15, -0.1) is 11.3 Å². The van der Waals surface area contributed by atoms with Gasteiger partial charge in [0.05, 0.1) is 0 Å². The summed E-state index contributed by atoms with van der Waals surface area (Å²) in [7, 11) is -0.825. The molecule has 0 saturated heterocycles. The molecular weight excluding hydrogens is 270 g/mol. The van der Waals surface area contributed by atoms with Crippen LogP contribution in [0.1, 0.15) is 21.7 Å². The Labute approximate surface area is 113 Å². The maximum atomic E-state index is 11.8. The minimum absolute atomic E-state index is 0.172. The maximum Gasteiger partial charge on any atom is 0.262 e. The molecule has 0 saturated carbocycles. The number of hydrogen-bond acceptors (Lipinski definition) is 4. The Kier molecular flexibility index (Phi) is 6.65. The number of aliphatic hydroxyl groups is 1. The van der Waals surface area contributed by atoms with E-state index in [9.17, 15) is 9.00 Å². The van der Waals surface area contributed by atoms with Crippen LogP contribution in [0.4, 0.5) is 0 Å². The lowest BCUT2D eigenvalue weighted by atomic mass is 10.2. The summed E-state index contributed by atoms with van der Waals surface area (Å²) in [5.74, 6) is 5.67. The number of carbonyl (C=O) groups is 1. The highest BCUT2D eigenvalue weighted by Crippen LogP contribution is 2.15. The van der Waals surface area contributed by atoms with Gasteiger partial charge in [-0.05, 0) is 17.9 Å². The second-order valence-corrected chi connectivity index (χ2v) is 5.98. The standard InChI is InChI=1S/C12H15NO3S2/c1-18(16)9-3-6-13-12(15)11-10(4-2-7-14)5-8-17-11/h5,8,14H,3,6-7,9H2,1H3,(H,13,15). The molecule has 0 aliphatic rings. The molecule has 6 heteroatoms. The van der Waals surface area contributed by atoms with Gasteiger partial charge in [0.2, 0.25) is 0 Å². The fourth-order valence-electron chi connectivity index (χ4n) is 1.28. The molecule has 0 aromatic carbocycles. The summed E-state index contributed by atoms with van der Waals surface area (Å²) in [6, 6.07) is 1.75. The summed E-state index contributed by atoms with van der Waals surface area (Å²) in [6.45, 7) is 0.280. The molecule has 4 nitrogen and oxygen atoms in total. The molecule has 1 aromatic heterocycles. The number of thiophene rings is 1. The lowest BCUT2D eigenvalue weighted by molar-refractivity contribution is 0.0957. The van der Waals surface area contributed by atoms with E-state index < -0.39 is 10.8 Å². The second-order valence-electron chi connectivity index (χ2n) is 3.51. The van der Waals surface area contributed by atoms with E-state index in [1.807, 2.05) is 0 Å². The van der Waals surface area contributed by atoms with Crippen LogP contribution in [0.2, 0.25) is 0 Å². The predicted octanol–water partition coefficient (Wildman–Crippen LogP) is 0.590. The summed E-state index contributed by atoms with van der Waals surface area (Å²) >= 11 is 1.32. The fourth-order valence-corrected chi connectivity index (χ4v) is 2.59. The largest absolute Gasteiger partial charge is 0.384 e. The van der Waals surface area contributed by atoms with Crippen LogP contribution in [-0.2, 0) is 10.8 Å². The first-order valence-corrected chi connectivity index (χ1v) is 8.01. The van der Waals surface area contributed by atoms with Gasteiger partial charge >= 0.3 is 0 Å². The van der Waals surface area contributed by atoms with Crippen LogP contribution >= 0.6 is 11.3 Å². The molecule has 1 rings (SSSR count). The van der Waals surface area contributed by atoms with Crippen molar-refractivity contribution in [1.82, 2.24) is 5.32 Å². The number of aliphatic hydroxyl groups excluding tert-OH is 1. The molecule has 1 unspecified atom stereocenters. The third-order valence-electron chi connectivity index (χ3n) is 2.07. The van der Waals surface area contributed by atoms with Gasteiger partial charge in [0.25, 0.3) is 5.91 Å². The second kappa shape index (κ2) is 8.03. The highest BCUT2D eigenvalue weighted by molar-refractivity contribution is 7.84. The molecule has 0 radical (unpaired) electrons. The van der Waals surface area contributed by atoms with Gasteiger partial charge in [0, 0.05) is 34.9 Å². The van der Waals surface area contributed by atoms with Gasteiger partial charge in [-0.1, -0.05) is 11.8 Å². The highest BCUT2D eigenvalue weighted by Gasteiger charge is 2.11. The first-order valence-electron chi connectivity index (χ1n) is 5.40. The number of amides is 1. The lowest BCUT2D eigenvalue weighted by Crippen LogP contribution is -2.25. The van der Waals surface area contributed by atoms with Crippen LogP contribution in [0.25, 0.3) is 0 Å². The Hall–Kier alpha value is -1.16. The lowest BCUT2D eigenvalue weighted by Gasteiger charge is -2.03. The van der Waals surface area contributed by atoms with Crippen LogP contribution in [0, 0.1) is 11.8 Å². The van der Waals surface area contributed by atoms with Crippen molar-refractivity contribution in [1.29, 1.82) is 0 Å². The fraction of sp³-hybridized carbons (Fsp3) is 0.417. The van der Waals surface area contributed by atoms with Crippen LogP contribution < -0.4 is 5.32 Å². The summed E-state index contributed by atoms with van der Waals surface area (Å²) in [4.78, 5) is 12.4.